The molecule has 0 aliphatic carbocycles. The number of benzene rings is 2. The van der Waals surface area contributed by atoms with Crippen LogP contribution in [0.3, 0.4) is 0 Å². The van der Waals surface area contributed by atoms with Gasteiger partial charge in [0, 0.05) is 19.0 Å². The first kappa shape index (κ1) is 23.9. The van der Waals surface area contributed by atoms with Crippen LogP contribution in [0, 0.1) is 0 Å². The second-order valence-electron chi connectivity index (χ2n) is 7.33. The number of carbonyl (C=O) groups is 2. The van der Waals surface area contributed by atoms with Crippen LogP contribution in [0.15, 0.2) is 60.7 Å². The second-order valence-corrected chi connectivity index (χ2v) is 8.32. The number of amides is 2. The first-order valence-corrected chi connectivity index (χ1v) is 11.5. The minimum atomic E-state index is -0.704. The van der Waals surface area contributed by atoms with Crippen LogP contribution in [0.1, 0.15) is 17.5 Å². The smallest absolute Gasteiger partial charge is 0.242 e. The van der Waals surface area contributed by atoms with Gasteiger partial charge in [0.2, 0.25) is 11.8 Å². The maximum atomic E-state index is 12.9. The van der Waals surface area contributed by atoms with Crippen molar-refractivity contribution in [2.75, 3.05) is 18.6 Å². The van der Waals surface area contributed by atoms with Crippen LogP contribution in [0.25, 0.3) is 0 Å². The fraction of sp³-hybridized carbons (Fsp3) is 0.391. The molecule has 0 bridgehead atoms. The summed E-state index contributed by atoms with van der Waals surface area (Å²) >= 11 is 1.63. The van der Waals surface area contributed by atoms with E-state index >= 15 is 0 Å². The number of rotatable bonds is 12. The van der Waals surface area contributed by atoms with Crippen molar-refractivity contribution in [1.82, 2.24) is 10.6 Å². The molecule has 2 aromatic carbocycles. The van der Waals surface area contributed by atoms with Crippen LogP contribution >= 0.6 is 11.8 Å². The van der Waals surface area contributed by atoms with Crippen molar-refractivity contribution < 1.29 is 9.59 Å². The van der Waals surface area contributed by atoms with E-state index < -0.39 is 12.1 Å². The van der Waals surface area contributed by atoms with Crippen molar-refractivity contribution in [3.8, 4) is 0 Å². The van der Waals surface area contributed by atoms with Crippen molar-refractivity contribution in [1.29, 1.82) is 0 Å². The van der Waals surface area contributed by atoms with E-state index in [9.17, 15) is 9.59 Å². The zero-order valence-electron chi connectivity index (χ0n) is 17.4. The molecule has 2 rings (SSSR count). The molecule has 0 fully saturated rings. The highest BCUT2D eigenvalue weighted by atomic mass is 32.2. The molecule has 2 amide bonds. The molecule has 6 nitrogen and oxygen atoms in total. The van der Waals surface area contributed by atoms with E-state index in [2.05, 4.69) is 10.6 Å². The van der Waals surface area contributed by atoms with E-state index in [1.807, 2.05) is 66.9 Å². The Balaban J connectivity index is 1.95. The average molecular weight is 429 g/mol. The molecule has 0 heterocycles. The Morgan fingerprint density at radius 1 is 0.900 bits per heavy atom. The Morgan fingerprint density at radius 3 is 2.03 bits per heavy atom. The molecule has 0 aliphatic rings. The van der Waals surface area contributed by atoms with Crippen LogP contribution in [0.5, 0.6) is 0 Å². The Hall–Kier alpha value is -2.35. The summed E-state index contributed by atoms with van der Waals surface area (Å²) in [5.41, 5.74) is 14.2. The van der Waals surface area contributed by atoms with Gasteiger partial charge in [-0.05, 0) is 36.0 Å². The summed E-state index contributed by atoms with van der Waals surface area (Å²) in [4.78, 5) is 25.3. The fourth-order valence-electron chi connectivity index (χ4n) is 3.06. The first-order valence-electron chi connectivity index (χ1n) is 10.2. The van der Waals surface area contributed by atoms with Crippen molar-refractivity contribution >= 4 is 23.6 Å². The number of hydrogen-bond acceptors (Lipinski definition) is 5. The van der Waals surface area contributed by atoms with Gasteiger partial charge in [-0.1, -0.05) is 60.7 Å². The van der Waals surface area contributed by atoms with Crippen molar-refractivity contribution in [3.63, 3.8) is 0 Å². The third-order valence-electron chi connectivity index (χ3n) is 4.76. The van der Waals surface area contributed by atoms with Gasteiger partial charge in [0.15, 0.2) is 0 Å². The van der Waals surface area contributed by atoms with E-state index in [1.54, 1.807) is 11.8 Å². The molecule has 3 atom stereocenters. The molecule has 0 aliphatic heterocycles. The normalized spacial score (nSPS) is 13.8. The summed E-state index contributed by atoms with van der Waals surface area (Å²) in [7, 11) is 0. The topological polar surface area (TPSA) is 110 Å². The predicted octanol–water partition coefficient (Wildman–Crippen LogP) is 1.48. The lowest BCUT2D eigenvalue weighted by Gasteiger charge is -2.22. The summed E-state index contributed by atoms with van der Waals surface area (Å²) in [5, 5.41) is 5.71. The van der Waals surface area contributed by atoms with E-state index in [1.165, 1.54) is 0 Å². The van der Waals surface area contributed by atoms with E-state index in [-0.39, 0.29) is 17.9 Å². The third-order valence-corrected chi connectivity index (χ3v) is 5.41. The van der Waals surface area contributed by atoms with E-state index in [0.717, 1.165) is 16.9 Å². The lowest BCUT2D eigenvalue weighted by atomic mass is 10.0. The predicted molar refractivity (Wildman–Crippen MR) is 124 cm³/mol. The molecule has 162 valence electrons. The van der Waals surface area contributed by atoms with E-state index in [0.29, 0.717) is 25.8 Å². The highest BCUT2D eigenvalue weighted by Gasteiger charge is 2.24. The minimum absolute atomic E-state index is 0.215. The standard InChI is InChI=1S/C23H32N4O2S/c1-30-13-12-20(25)22(28)27-21(15-18-10-6-3-7-11-18)23(29)26-16-19(24)14-17-8-4-2-5-9-17/h2-11,19-21H,12-16,24-25H2,1H3,(H,26,29)(H,27,28)/t19-,20+,21+/m1/s1. The molecule has 2 aromatic rings. The molecule has 30 heavy (non-hydrogen) atoms. The monoisotopic (exact) mass is 428 g/mol. The zero-order chi connectivity index (χ0) is 21.8. The summed E-state index contributed by atoms with van der Waals surface area (Å²) < 4.78 is 0. The van der Waals surface area contributed by atoms with Gasteiger partial charge in [-0.15, -0.1) is 0 Å². The van der Waals surface area contributed by atoms with Gasteiger partial charge in [-0.25, -0.2) is 0 Å². The molecule has 0 saturated carbocycles. The summed E-state index contributed by atoms with van der Waals surface area (Å²) in [6, 6.07) is 17.9. The van der Waals surface area contributed by atoms with Crippen molar-refractivity contribution in [2.45, 2.75) is 37.4 Å². The van der Waals surface area contributed by atoms with Gasteiger partial charge in [0.25, 0.3) is 0 Å². The SMILES string of the molecule is CSCC[C@H](N)C(=O)N[C@@H](Cc1ccccc1)C(=O)NC[C@H](N)Cc1ccccc1. The molecule has 0 saturated heterocycles. The van der Waals surface area contributed by atoms with Gasteiger partial charge in [-0.3, -0.25) is 9.59 Å². The van der Waals surface area contributed by atoms with Crippen molar-refractivity contribution in [3.05, 3.63) is 71.8 Å². The Morgan fingerprint density at radius 2 is 1.47 bits per heavy atom. The molecular formula is C23H32N4O2S. The molecule has 0 unspecified atom stereocenters. The molecule has 0 aromatic heterocycles. The minimum Gasteiger partial charge on any atom is -0.353 e. The molecule has 0 radical (unpaired) electrons. The van der Waals surface area contributed by atoms with Crippen LogP contribution in [0.4, 0.5) is 0 Å². The van der Waals surface area contributed by atoms with Crippen molar-refractivity contribution in [2.24, 2.45) is 11.5 Å². The lowest BCUT2D eigenvalue weighted by molar-refractivity contribution is -0.129. The highest BCUT2D eigenvalue weighted by Crippen LogP contribution is 2.06. The van der Waals surface area contributed by atoms with Crippen LogP contribution in [-0.4, -0.2) is 48.5 Å². The molecule has 0 spiro atoms. The first-order chi connectivity index (χ1) is 14.5. The number of thioether (sulfide) groups is 1. The third kappa shape index (κ3) is 8.57. The average Bonchev–Trinajstić information content (AvgIpc) is 2.76. The number of hydrogen-bond donors (Lipinski definition) is 4. The molecule has 7 heteroatoms. The van der Waals surface area contributed by atoms with Gasteiger partial charge in [0.05, 0.1) is 6.04 Å². The largest absolute Gasteiger partial charge is 0.353 e. The van der Waals surface area contributed by atoms with E-state index in [4.69, 9.17) is 11.5 Å². The van der Waals surface area contributed by atoms with Crippen LogP contribution in [0.2, 0.25) is 0 Å². The number of carbonyl (C=O) groups excluding carboxylic acids is 2. The quantitative estimate of drug-likeness (QED) is 0.409. The number of nitrogens with one attached hydrogen (secondary N) is 2. The summed E-state index contributed by atoms with van der Waals surface area (Å²) in [6.07, 6.45) is 3.58. The second kappa shape index (κ2) is 13.1. The summed E-state index contributed by atoms with van der Waals surface area (Å²) in [6.45, 7) is 0.327. The van der Waals surface area contributed by atoms with Gasteiger partial charge < -0.3 is 22.1 Å². The Bertz CT molecular complexity index is 773. The van der Waals surface area contributed by atoms with Gasteiger partial charge in [-0.2, -0.15) is 11.8 Å². The van der Waals surface area contributed by atoms with Gasteiger partial charge in [0.1, 0.15) is 6.04 Å². The van der Waals surface area contributed by atoms with Gasteiger partial charge >= 0.3 is 0 Å². The van der Waals surface area contributed by atoms with Crippen LogP contribution in [-0.2, 0) is 22.4 Å². The maximum absolute atomic E-state index is 12.9. The number of nitrogens with two attached hydrogens (primary N) is 2. The van der Waals surface area contributed by atoms with Crippen LogP contribution < -0.4 is 22.1 Å². The molecule has 6 N–H and O–H groups in total. The Kier molecular flexibility index (Phi) is 10.4. The Labute approximate surface area is 183 Å². The lowest BCUT2D eigenvalue weighted by Crippen LogP contribution is -2.54. The highest BCUT2D eigenvalue weighted by molar-refractivity contribution is 7.98. The maximum Gasteiger partial charge on any atom is 0.242 e. The summed E-state index contributed by atoms with van der Waals surface area (Å²) in [5.74, 6) is 0.222. The fourth-order valence-corrected chi connectivity index (χ4v) is 3.55. The zero-order valence-corrected chi connectivity index (χ0v) is 18.2. The molecular weight excluding hydrogens is 396 g/mol.